The van der Waals surface area contributed by atoms with Crippen LogP contribution in [0.1, 0.15) is 30.2 Å². The molecule has 2 aromatic rings. The predicted molar refractivity (Wildman–Crippen MR) is 79.4 cm³/mol. The lowest BCUT2D eigenvalue weighted by Gasteiger charge is -2.13. The lowest BCUT2D eigenvalue weighted by atomic mass is 10.1. The number of aromatic nitrogens is 1. The van der Waals surface area contributed by atoms with Gasteiger partial charge in [0.2, 0.25) is 0 Å². The van der Waals surface area contributed by atoms with Crippen LogP contribution in [-0.2, 0) is 6.42 Å². The predicted octanol–water partition coefficient (Wildman–Crippen LogP) is 3.76. The van der Waals surface area contributed by atoms with Crippen LogP contribution >= 0.6 is 11.5 Å². The topological polar surface area (TPSA) is 48.7 Å². The molecule has 98 valence electrons. The summed E-state index contributed by atoms with van der Waals surface area (Å²) in [6.07, 6.45) is 2.07. The zero-order valence-corrected chi connectivity index (χ0v) is 12.0. The van der Waals surface area contributed by atoms with Crippen molar-refractivity contribution in [2.75, 3.05) is 5.32 Å². The molecule has 1 unspecified atom stereocenters. The summed E-state index contributed by atoms with van der Waals surface area (Å²) in [7, 11) is 0. The zero-order chi connectivity index (χ0) is 13.7. The van der Waals surface area contributed by atoms with Gasteiger partial charge < -0.3 is 5.32 Å². The van der Waals surface area contributed by atoms with Crippen molar-refractivity contribution < 1.29 is 0 Å². The van der Waals surface area contributed by atoms with Crippen LogP contribution in [0.2, 0.25) is 0 Å². The Morgan fingerprint density at radius 2 is 2.11 bits per heavy atom. The number of hydrogen-bond acceptors (Lipinski definition) is 4. The molecular formula is C15H17N3S. The highest BCUT2D eigenvalue weighted by atomic mass is 32.1. The van der Waals surface area contributed by atoms with Gasteiger partial charge in [0.05, 0.1) is 5.69 Å². The number of hydrogen-bond donors (Lipinski definition) is 1. The monoisotopic (exact) mass is 271 g/mol. The molecule has 0 saturated heterocycles. The molecule has 0 spiro atoms. The first kappa shape index (κ1) is 13.6. The van der Waals surface area contributed by atoms with Gasteiger partial charge in [-0.25, -0.2) is 0 Å². The fraction of sp³-hybridized carbons (Fsp3) is 0.333. The number of anilines is 1. The van der Waals surface area contributed by atoms with Crippen LogP contribution in [0, 0.1) is 18.3 Å². The van der Waals surface area contributed by atoms with Crippen LogP contribution in [0.3, 0.4) is 0 Å². The molecule has 1 N–H and O–H groups in total. The molecule has 0 radical (unpaired) electrons. The van der Waals surface area contributed by atoms with Crippen molar-refractivity contribution in [3.05, 3.63) is 47.2 Å². The number of rotatable bonds is 5. The van der Waals surface area contributed by atoms with E-state index in [4.69, 9.17) is 5.26 Å². The van der Waals surface area contributed by atoms with Crippen molar-refractivity contribution in [3.63, 3.8) is 0 Å². The minimum atomic E-state index is 0.326. The molecule has 1 aromatic heterocycles. The smallest absolute Gasteiger partial charge is 0.127 e. The molecule has 2 rings (SSSR count). The lowest BCUT2D eigenvalue weighted by Crippen LogP contribution is -2.15. The van der Waals surface area contributed by atoms with E-state index in [1.165, 1.54) is 17.1 Å². The zero-order valence-electron chi connectivity index (χ0n) is 11.2. The average Bonchev–Trinajstić information content (AvgIpc) is 2.78. The maximum atomic E-state index is 9.09. The van der Waals surface area contributed by atoms with Gasteiger partial charge in [-0.3, -0.25) is 0 Å². The van der Waals surface area contributed by atoms with Crippen molar-refractivity contribution >= 4 is 16.5 Å². The Kier molecular flexibility index (Phi) is 4.53. The minimum absolute atomic E-state index is 0.326. The molecule has 0 saturated carbocycles. The van der Waals surface area contributed by atoms with Crippen LogP contribution in [0.15, 0.2) is 30.3 Å². The molecule has 19 heavy (non-hydrogen) atoms. The summed E-state index contributed by atoms with van der Waals surface area (Å²) in [5, 5.41) is 13.4. The maximum Gasteiger partial charge on any atom is 0.127 e. The molecule has 3 nitrogen and oxygen atoms in total. The average molecular weight is 271 g/mol. The second-order valence-corrected chi connectivity index (χ2v) is 5.43. The molecule has 1 aromatic carbocycles. The number of nitrogens with one attached hydrogen (secondary N) is 1. The van der Waals surface area contributed by atoms with Crippen LogP contribution < -0.4 is 5.32 Å². The second-order valence-electron chi connectivity index (χ2n) is 4.65. The molecule has 0 aliphatic heterocycles. The van der Waals surface area contributed by atoms with Crippen molar-refractivity contribution in [1.82, 2.24) is 4.37 Å². The molecule has 1 heterocycles. The van der Waals surface area contributed by atoms with Gasteiger partial charge in [0.25, 0.3) is 0 Å². The van der Waals surface area contributed by atoms with E-state index in [1.807, 2.05) is 13.0 Å². The van der Waals surface area contributed by atoms with Crippen LogP contribution in [0.25, 0.3) is 0 Å². The van der Waals surface area contributed by atoms with Crippen molar-refractivity contribution in [2.45, 2.75) is 32.7 Å². The Balaban J connectivity index is 1.91. The minimum Gasteiger partial charge on any atom is -0.372 e. The summed E-state index contributed by atoms with van der Waals surface area (Å²) >= 11 is 1.37. The first-order valence-corrected chi connectivity index (χ1v) is 7.15. The summed E-state index contributed by atoms with van der Waals surface area (Å²) in [6.45, 7) is 4.01. The third-order valence-electron chi connectivity index (χ3n) is 3.06. The third kappa shape index (κ3) is 3.55. The Morgan fingerprint density at radius 3 is 2.79 bits per heavy atom. The number of nitrogens with zero attached hydrogens (tertiary/aromatic N) is 2. The van der Waals surface area contributed by atoms with E-state index in [1.54, 1.807) is 0 Å². The van der Waals surface area contributed by atoms with Crippen LogP contribution in [0.4, 0.5) is 5.00 Å². The molecule has 1 atom stereocenters. The molecule has 0 bridgehead atoms. The second kappa shape index (κ2) is 6.35. The highest BCUT2D eigenvalue weighted by Crippen LogP contribution is 2.24. The fourth-order valence-corrected chi connectivity index (χ4v) is 2.78. The van der Waals surface area contributed by atoms with Crippen LogP contribution in [0.5, 0.6) is 0 Å². The summed E-state index contributed by atoms with van der Waals surface area (Å²) in [5.74, 6) is 0. The quantitative estimate of drug-likeness (QED) is 0.900. The Morgan fingerprint density at radius 1 is 1.37 bits per heavy atom. The highest BCUT2D eigenvalue weighted by Gasteiger charge is 2.12. The fourth-order valence-electron chi connectivity index (χ4n) is 1.92. The first-order chi connectivity index (χ1) is 9.20. The number of nitriles is 1. The maximum absolute atomic E-state index is 9.09. The van der Waals surface area contributed by atoms with Crippen molar-refractivity contribution in [1.29, 1.82) is 5.26 Å². The Bertz CT molecular complexity index is 569. The summed E-state index contributed by atoms with van der Waals surface area (Å²) in [6, 6.07) is 13.0. The van der Waals surface area contributed by atoms with Gasteiger partial charge in [0, 0.05) is 6.04 Å². The SMILES string of the molecule is Cc1nsc(NC(C)CCc2ccccc2)c1C#N. The number of benzene rings is 1. The van der Waals surface area contributed by atoms with Gasteiger partial charge in [-0.2, -0.15) is 9.64 Å². The van der Waals surface area contributed by atoms with E-state index in [0.717, 1.165) is 23.5 Å². The van der Waals surface area contributed by atoms with Gasteiger partial charge in [-0.1, -0.05) is 30.3 Å². The van der Waals surface area contributed by atoms with E-state index in [0.29, 0.717) is 11.6 Å². The molecule has 0 aliphatic carbocycles. The molecular weight excluding hydrogens is 254 g/mol. The van der Waals surface area contributed by atoms with Gasteiger partial charge in [0.15, 0.2) is 0 Å². The third-order valence-corrected chi connectivity index (χ3v) is 3.93. The van der Waals surface area contributed by atoms with Gasteiger partial charge in [0.1, 0.15) is 16.6 Å². The van der Waals surface area contributed by atoms with Gasteiger partial charge in [-0.15, -0.1) is 0 Å². The van der Waals surface area contributed by atoms with E-state index in [9.17, 15) is 0 Å². The Labute approximate surface area is 118 Å². The Hall–Kier alpha value is -1.86. The normalized spacial score (nSPS) is 11.8. The van der Waals surface area contributed by atoms with E-state index >= 15 is 0 Å². The van der Waals surface area contributed by atoms with Gasteiger partial charge in [-0.05, 0) is 43.8 Å². The van der Waals surface area contributed by atoms with Crippen LogP contribution in [-0.4, -0.2) is 10.4 Å². The molecule has 4 heteroatoms. The van der Waals surface area contributed by atoms with Crippen molar-refractivity contribution in [3.8, 4) is 6.07 Å². The molecule has 0 amide bonds. The standard InChI is InChI=1S/C15H17N3S/c1-11(8-9-13-6-4-3-5-7-13)17-15-14(10-16)12(2)18-19-15/h3-7,11,17H,8-9H2,1-2H3. The van der Waals surface area contributed by atoms with Crippen molar-refractivity contribution in [2.24, 2.45) is 0 Å². The summed E-state index contributed by atoms with van der Waals surface area (Å²) in [5.41, 5.74) is 2.83. The first-order valence-electron chi connectivity index (χ1n) is 6.37. The summed E-state index contributed by atoms with van der Waals surface area (Å²) < 4.78 is 4.22. The van der Waals surface area contributed by atoms with E-state index < -0.39 is 0 Å². The van der Waals surface area contributed by atoms with Gasteiger partial charge >= 0.3 is 0 Å². The highest BCUT2D eigenvalue weighted by molar-refractivity contribution is 7.10. The van der Waals surface area contributed by atoms with E-state index in [2.05, 4.69) is 46.9 Å². The van der Waals surface area contributed by atoms with E-state index in [-0.39, 0.29) is 0 Å². The largest absolute Gasteiger partial charge is 0.372 e. The number of aryl methyl sites for hydroxylation is 2. The molecule has 0 aliphatic rings. The summed E-state index contributed by atoms with van der Waals surface area (Å²) in [4.78, 5) is 0. The molecule has 0 fully saturated rings. The lowest BCUT2D eigenvalue weighted by molar-refractivity contribution is 0.708.